The smallest absolute Gasteiger partial charge is 0.167 e. The Morgan fingerprint density at radius 3 is 1.31 bits per heavy atom. The summed E-state index contributed by atoms with van der Waals surface area (Å²) < 4.78 is 22.9. The molecule has 6 heterocycles. The first-order valence-electron chi connectivity index (χ1n) is 36.0. The first-order valence-corrected chi connectivity index (χ1v) is 36.8. The van der Waals surface area contributed by atoms with Crippen molar-refractivity contribution in [2.45, 2.75) is 38.5 Å². The van der Waals surface area contributed by atoms with Crippen molar-refractivity contribution in [2.24, 2.45) is 0 Å². The van der Waals surface area contributed by atoms with Crippen molar-refractivity contribution < 1.29 is 13.3 Å². The lowest BCUT2D eigenvalue weighted by molar-refractivity contribution is 0.660. The number of benzene rings is 14. The van der Waals surface area contributed by atoms with Crippen LogP contribution in [0, 0.1) is 0 Å². The summed E-state index contributed by atoms with van der Waals surface area (Å²) in [6, 6.07) is 103. The van der Waals surface area contributed by atoms with Gasteiger partial charge in [0, 0.05) is 96.7 Å². The Morgan fingerprint density at radius 2 is 0.660 bits per heavy atom. The normalized spacial score (nSPS) is 13.4. The van der Waals surface area contributed by atoms with Crippen LogP contribution in [0.4, 0.5) is 0 Å². The van der Waals surface area contributed by atoms with Crippen molar-refractivity contribution in [2.75, 3.05) is 0 Å². The number of fused-ring (bicyclic) bond motifs is 18. The third-order valence-electron chi connectivity index (χ3n) is 22.5. The van der Waals surface area contributed by atoms with E-state index in [4.69, 9.17) is 43.2 Å². The van der Waals surface area contributed by atoms with E-state index < -0.39 is 0 Å². The first kappa shape index (κ1) is 60.3. The third kappa shape index (κ3) is 9.01. The molecular formula is C96H60N6O3S. The fourth-order valence-corrected chi connectivity index (χ4v) is 18.5. The molecule has 22 rings (SSSR count). The molecule has 0 amide bonds. The Balaban J connectivity index is 0.610. The summed E-state index contributed by atoms with van der Waals surface area (Å²) in [5.41, 5.74) is 25.7. The Labute approximate surface area is 612 Å². The molecule has 0 N–H and O–H groups in total. The van der Waals surface area contributed by atoms with E-state index in [1.165, 1.54) is 59.1 Å². The molecule has 0 fully saturated rings. The number of furan rings is 3. The topological polar surface area (TPSA) is 117 Å². The average Bonchev–Trinajstić information content (AvgIpc) is 1.56. The number of thiophene rings is 1. The lowest BCUT2D eigenvalue weighted by Crippen LogP contribution is -2.15. The summed E-state index contributed by atoms with van der Waals surface area (Å²) in [6.07, 6.45) is 0. The highest BCUT2D eigenvalue weighted by atomic mass is 32.1. The molecule has 0 bridgehead atoms. The van der Waals surface area contributed by atoms with Gasteiger partial charge in [0.15, 0.2) is 34.9 Å². The summed E-state index contributed by atoms with van der Waals surface area (Å²) in [7, 11) is 0. The van der Waals surface area contributed by atoms with Gasteiger partial charge in [-0.15, -0.1) is 11.3 Å². The highest BCUT2D eigenvalue weighted by Crippen LogP contribution is 2.56. The summed E-state index contributed by atoms with van der Waals surface area (Å²) in [6.45, 7) is 9.33. The second-order valence-electron chi connectivity index (χ2n) is 29.1. The number of aromatic nitrogens is 6. The minimum atomic E-state index is -0.345. The van der Waals surface area contributed by atoms with Crippen LogP contribution in [0.3, 0.4) is 0 Å². The summed E-state index contributed by atoms with van der Waals surface area (Å²) in [4.78, 5) is 32.0. The molecule has 14 aromatic carbocycles. The molecule has 0 saturated heterocycles. The van der Waals surface area contributed by atoms with Crippen LogP contribution in [-0.2, 0) is 10.8 Å². The molecule has 10 heteroatoms. The maximum absolute atomic E-state index is 6.96. The quantitative estimate of drug-likeness (QED) is 0.139. The van der Waals surface area contributed by atoms with Crippen LogP contribution in [0.1, 0.15) is 49.9 Å². The lowest BCUT2D eigenvalue weighted by atomic mass is 9.81. The van der Waals surface area contributed by atoms with E-state index in [9.17, 15) is 0 Å². The largest absolute Gasteiger partial charge is 0.456 e. The zero-order valence-corrected chi connectivity index (χ0v) is 58.8. The van der Waals surface area contributed by atoms with E-state index in [-0.39, 0.29) is 10.8 Å². The molecular weight excluding hydrogens is 1320 g/mol. The predicted octanol–water partition coefficient (Wildman–Crippen LogP) is 25.7. The second-order valence-corrected chi connectivity index (χ2v) is 30.2. The second kappa shape index (κ2) is 22.6. The molecule has 106 heavy (non-hydrogen) atoms. The van der Waals surface area contributed by atoms with Crippen molar-refractivity contribution in [3.63, 3.8) is 0 Å². The zero-order chi connectivity index (χ0) is 70.3. The van der Waals surface area contributed by atoms with Gasteiger partial charge in [-0.3, -0.25) is 0 Å². The van der Waals surface area contributed by atoms with Gasteiger partial charge < -0.3 is 13.3 Å². The van der Waals surface area contributed by atoms with E-state index in [1.54, 1.807) is 0 Å². The Kier molecular flexibility index (Phi) is 12.9. The highest BCUT2D eigenvalue weighted by molar-refractivity contribution is 7.26. The summed E-state index contributed by atoms with van der Waals surface area (Å²) in [5, 5.41) is 8.61. The predicted molar refractivity (Wildman–Crippen MR) is 432 cm³/mol. The molecule has 6 aromatic heterocycles. The fourth-order valence-electron chi connectivity index (χ4n) is 17.2. The first-order chi connectivity index (χ1) is 52.0. The zero-order valence-electron chi connectivity index (χ0n) is 58.0. The van der Waals surface area contributed by atoms with E-state index in [0.717, 1.165) is 133 Å². The van der Waals surface area contributed by atoms with Gasteiger partial charge in [0.05, 0.1) is 5.56 Å². The van der Waals surface area contributed by atoms with Crippen LogP contribution in [0.5, 0.6) is 0 Å². The van der Waals surface area contributed by atoms with Crippen LogP contribution in [0.15, 0.2) is 304 Å². The van der Waals surface area contributed by atoms with Crippen LogP contribution in [0.25, 0.3) is 210 Å². The van der Waals surface area contributed by atoms with Gasteiger partial charge >= 0.3 is 0 Å². The number of hydrogen-bond acceptors (Lipinski definition) is 10. The van der Waals surface area contributed by atoms with Crippen LogP contribution in [-0.4, -0.2) is 29.9 Å². The third-order valence-corrected chi connectivity index (χ3v) is 23.7. The van der Waals surface area contributed by atoms with Crippen LogP contribution in [0.2, 0.25) is 0 Å². The number of para-hydroxylation sites is 3. The van der Waals surface area contributed by atoms with Crippen molar-refractivity contribution in [1.82, 2.24) is 29.9 Å². The molecule has 0 radical (unpaired) electrons. The van der Waals surface area contributed by atoms with Gasteiger partial charge in [-0.05, 0) is 133 Å². The van der Waals surface area contributed by atoms with Gasteiger partial charge in [-0.25, -0.2) is 29.9 Å². The molecule has 9 nitrogen and oxygen atoms in total. The average molecular weight is 1380 g/mol. The Morgan fingerprint density at radius 1 is 0.245 bits per heavy atom. The number of nitrogens with zero attached hydrogens (tertiary/aromatic N) is 6. The minimum absolute atomic E-state index is 0.304. The molecule has 0 spiro atoms. The van der Waals surface area contributed by atoms with Gasteiger partial charge in [0.25, 0.3) is 0 Å². The molecule has 20 aromatic rings. The maximum atomic E-state index is 6.96. The van der Waals surface area contributed by atoms with Gasteiger partial charge in [0.2, 0.25) is 0 Å². The monoisotopic (exact) mass is 1380 g/mol. The Bertz CT molecular complexity index is 7160. The highest BCUT2D eigenvalue weighted by Gasteiger charge is 2.40. The van der Waals surface area contributed by atoms with Crippen molar-refractivity contribution in [3.8, 4) is 124 Å². The van der Waals surface area contributed by atoms with Gasteiger partial charge in [-0.2, -0.15) is 0 Å². The van der Waals surface area contributed by atoms with Gasteiger partial charge in [-0.1, -0.05) is 258 Å². The van der Waals surface area contributed by atoms with Crippen molar-refractivity contribution in [3.05, 3.63) is 313 Å². The number of hydrogen-bond donors (Lipinski definition) is 0. The molecule has 498 valence electrons. The van der Waals surface area contributed by atoms with E-state index >= 15 is 0 Å². The van der Waals surface area contributed by atoms with Crippen molar-refractivity contribution in [1.29, 1.82) is 0 Å². The minimum Gasteiger partial charge on any atom is -0.456 e. The fraction of sp³-hybridized carbons (Fsp3) is 0.0625. The van der Waals surface area contributed by atoms with Crippen LogP contribution < -0.4 is 0 Å². The molecule has 0 atom stereocenters. The lowest BCUT2D eigenvalue weighted by Gasteiger charge is -2.22. The Hall–Kier alpha value is -13.3. The number of rotatable bonds is 9. The molecule has 2 aliphatic rings. The standard InChI is InChI=1S/C96H60N6O3S/c1-95(2)74-36-18-32-68(91-97-89(53-21-7-5-8-22-53)99-93(101-91)70-34-20-39-81-85(70)67-26-11-13-38-78(67)103-81)83(74)65-45-41-56(51-76(65)95)55-43-47-79-72(49-55)62-29-15-27-59(86(62)104-79)57-44-48-80-73(50-57)63-30-17-35-71(87(63)105-80)94-100-90(54-23-9-6-10-24-54)98-92(102-94)69-33-19-37-75-84(69)66-46-42-58(52-77(66)96(75,3)4)60-28-16-31-64-61-25-12-14-40-82(61)106-88(60)64/h5-52H,1-4H3. The maximum Gasteiger partial charge on any atom is 0.167 e. The molecule has 2 aliphatic carbocycles. The van der Waals surface area contributed by atoms with Crippen molar-refractivity contribution >= 4 is 97.3 Å². The van der Waals surface area contributed by atoms with Crippen LogP contribution >= 0.6 is 11.3 Å². The SMILES string of the molecule is CC1(C)c2cc(-c3cccc4c3sc3ccccc34)ccc2-c2c(-c3nc(-c4ccccc4)nc(-c4cccc5c4oc4ccc(-c6cccc7c6oc6ccc(-c8ccc9c(c8)C(C)(C)c8cccc(-c%10nc(-c%11ccccc%11)nc(-c%11cccc%12oc%13ccccc%13c%11%12)n%10)c8-9)cc67)cc45)n3)cccc21. The van der Waals surface area contributed by atoms with E-state index in [2.05, 4.69) is 252 Å². The molecule has 0 unspecified atom stereocenters. The summed E-state index contributed by atoms with van der Waals surface area (Å²) in [5.74, 6) is 3.52. The summed E-state index contributed by atoms with van der Waals surface area (Å²) >= 11 is 1.87. The van der Waals surface area contributed by atoms with E-state index in [1.807, 2.05) is 78.1 Å². The molecule has 0 aliphatic heterocycles. The van der Waals surface area contributed by atoms with Gasteiger partial charge in [0.1, 0.15) is 33.5 Å². The van der Waals surface area contributed by atoms with E-state index in [0.29, 0.717) is 40.5 Å². The molecule has 0 saturated carbocycles.